The quantitative estimate of drug-likeness (QED) is 0.677. The van der Waals surface area contributed by atoms with Crippen LogP contribution >= 0.6 is 0 Å². The summed E-state index contributed by atoms with van der Waals surface area (Å²) in [7, 11) is 0. The number of nitrogens with one attached hydrogen (secondary N) is 1. The van der Waals surface area contributed by atoms with Crippen molar-refractivity contribution in [1.29, 1.82) is 0 Å². The zero-order chi connectivity index (χ0) is 10.4. The molecule has 2 atom stereocenters. The lowest BCUT2D eigenvalue weighted by Gasteiger charge is -2.24. The largest absolute Gasteiger partial charge is 0.508 e. The Hall–Kier alpha value is -1.51. The van der Waals surface area contributed by atoms with Gasteiger partial charge in [-0.1, -0.05) is 6.07 Å². The van der Waals surface area contributed by atoms with Crippen molar-refractivity contribution in [3.63, 3.8) is 0 Å². The van der Waals surface area contributed by atoms with E-state index in [9.17, 15) is 5.11 Å². The van der Waals surface area contributed by atoms with E-state index in [1.54, 1.807) is 12.1 Å². The summed E-state index contributed by atoms with van der Waals surface area (Å²) in [5, 5.41) is 12.9. The minimum Gasteiger partial charge on any atom is -0.508 e. The third-order valence-corrected chi connectivity index (χ3v) is 3.40. The highest BCUT2D eigenvalue weighted by Gasteiger charge is 2.35. The molecule has 2 aliphatic heterocycles. The fraction of sp³-hybridized carbons (Fsp3) is 0.417. The molecule has 0 fully saturated rings. The minimum absolute atomic E-state index is 0.328. The number of fused-ring (bicyclic) bond motifs is 3. The molecule has 2 heterocycles. The number of anilines is 1. The maximum absolute atomic E-state index is 9.43. The van der Waals surface area contributed by atoms with Crippen LogP contribution in [-0.2, 0) is 0 Å². The standard InChI is InChI=1S/C12H14N2O/c1-7-12-10(4-5-13-7)9-3-2-8(15)6-11(9)14-12/h2-3,6,10,12,14-15H,4-5H2,1H3. The van der Waals surface area contributed by atoms with Crippen molar-refractivity contribution in [1.82, 2.24) is 0 Å². The first-order chi connectivity index (χ1) is 7.25. The van der Waals surface area contributed by atoms with Crippen molar-refractivity contribution >= 4 is 11.4 Å². The van der Waals surface area contributed by atoms with Crippen molar-refractivity contribution in [3.8, 4) is 5.75 Å². The molecule has 2 aliphatic rings. The second-order valence-electron chi connectivity index (χ2n) is 4.31. The summed E-state index contributed by atoms with van der Waals surface area (Å²) in [4.78, 5) is 4.47. The van der Waals surface area contributed by atoms with Crippen LogP contribution < -0.4 is 5.32 Å². The van der Waals surface area contributed by atoms with Gasteiger partial charge in [0.25, 0.3) is 0 Å². The second kappa shape index (κ2) is 2.99. The molecule has 3 nitrogen and oxygen atoms in total. The first-order valence-electron chi connectivity index (χ1n) is 5.36. The van der Waals surface area contributed by atoms with Crippen LogP contribution in [0.2, 0.25) is 0 Å². The van der Waals surface area contributed by atoms with Gasteiger partial charge in [0.15, 0.2) is 0 Å². The van der Waals surface area contributed by atoms with Gasteiger partial charge in [0.05, 0.1) is 6.04 Å². The number of benzene rings is 1. The van der Waals surface area contributed by atoms with Gasteiger partial charge in [-0.25, -0.2) is 0 Å². The number of aromatic hydroxyl groups is 1. The fourth-order valence-corrected chi connectivity index (χ4v) is 2.64. The molecule has 3 rings (SSSR count). The van der Waals surface area contributed by atoms with Gasteiger partial charge in [0.2, 0.25) is 0 Å². The highest BCUT2D eigenvalue weighted by atomic mass is 16.3. The van der Waals surface area contributed by atoms with Crippen LogP contribution in [0.1, 0.15) is 24.8 Å². The smallest absolute Gasteiger partial charge is 0.117 e. The molecule has 0 saturated carbocycles. The molecule has 0 bridgehead atoms. The third-order valence-electron chi connectivity index (χ3n) is 3.40. The highest BCUT2D eigenvalue weighted by molar-refractivity contribution is 5.93. The lowest BCUT2D eigenvalue weighted by molar-refractivity contribution is 0.475. The lowest BCUT2D eigenvalue weighted by atomic mass is 9.88. The van der Waals surface area contributed by atoms with Gasteiger partial charge in [0, 0.05) is 29.9 Å². The molecule has 0 amide bonds. The highest BCUT2D eigenvalue weighted by Crippen LogP contribution is 2.41. The average Bonchev–Trinajstić information content (AvgIpc) is 2.57. The minimum atomic E-state index is 0.328. The van der Waals surface area contributed by atoms with Crippen LogP contribution in [0.4, 0.5) is 5.69 Å². The Balaban J connectivity index is 2.06. The molecule has 0 aromatic heterocycles. The Kier molecular flexibility index (Phi) is 1.75. The zero-order valence-electron chi connectivity index (χ0n) is 8.70. The van der Waals surface area contributed by atoms with Crippen molar-refractivity contribution < 1.29 is 5.11 Å². The second-order valence-corrected chi connectivity index (χ2v) is 4.31. The maximum Gasteiger partial charge on any atom is 0.117 e. The number of nitrogens with zero attached hydrogens (tertiary/aromatic N) is 1. The van der Waals surface area contributed by atoms with E-state index in [0.29, 0.717) is 17.7 Å². The van der Waals surface area contributed by atoms with Crippen LogP contribution in [0.15, 0.2) is 23.2 Å². The first kappa shape index (κ1) is 8.77. The van der Waals surface area contributed by atoms with E-state index in [1.165, 1.54) is 11.3 Å². The van der Waals surface area contributed by atoms with E-state index >= 15 is 0 Å². The van der Waals surface area contributed by atoms with E-state index in [2.05, 4.69) is 17.2 Å². The fourth-order valence-electron chi connectivity index (χ4n) is 2.64. The van der Waals surface area contributed by atoms with Gasteiger partial charge in [0.1, 0.15) is 5.75 Å². The molecule has 15 heavy (non-hydrogen) atoms. The molecule has 1 aromatic rings. The van der Waals surface area contributed by atoms with Crippen LogP contribution in [0, 0.1) is 0 Å². The number of hydrogen-bond acceptors (Lipinski definition) is 3. The molecule has 2 N–H and O–H groups in total. The molecule has 78 valence electrons. The van der Waals surface area contributed by atoms with E-state index in [1.807, 2.05) is 6.07 Å². The van der Waals surface area contributed by atoms with Gasteiger partial charge >= 0.3 is 0 Å². The summed E-state index contributed by atoms with van der Waals surface area (Å²) in [5.74, 6) is 0.868. The Morgan fingerprint density at radius 2 is 2.33 bits per heavy atom. The molecule has 3 heteroatoms. The number of hydrogen-bond donors (Lipinski definition) is 2. The van der Waals surface area contributed by atoms with E-state index in [0.717, 1.165) is 18.7 Å². The Morgan fingerprint density at radius 3 is 3.20 bits per heavy atom. The Bertz CT molecular complexity index is 439. The van der Waals surface area contributed by atoms with Crippen molar-refractivity contribution in [2.45, 2.75) is 25.3 Å². The third kappa shape index (κ3) is 1.23. The summed E-state index contributed by atoms with van der Waals surface area (Å²) in [5.41, 5.74) is 3.58. The molecule has 2 unspecified atom stereocenters. The molecule has 0 radical (unpaired) electrons. The normalized spacial score (nSPS) is 27.7. The molecule has 0 aliphatic carbocycles. The van der Waals surface area contributed by atoms with E-state index in [-0.39, 0.29) is 0 Å². The van der Waals surface area contributed by atoms with Crippen LogP contribution in [-0.4, -0.2) is 23.4 Å². The molecular formula is C12H14N2O. The molecule has 0 saturated heterocycles. The summed E-state index contributed by atoms with van der Waals surface area (Å²) >= 11 is 0. The average molecular weight is 202 g/mol. The van der Waals surface area contributed by atoms with Crippen molar-refractivity contribution in [3.05, 3.63) is 23.8 Å². The molecule has 1 aromatic carbocycles. The monoisotopic (exact) mass is 202 g/mol. The van der Waals surface area contributed by atoms with Crippen LogP contribution in [0.25, 0.3) is 0 Å². The zero-order valence-corrected chi connectivity index (χ0v) is 8.70. The number of rotatable bonds is 0. The van der Waals surface area contributed by atoms with Gasteiger partial charge in [-0.05, 0) is 25.0 Å². The predicted octanol–water partition coefficient (Wildman–Crippen LogP) is 2.13. The van der Waals surface area contributed by atoms with Crippen molar-refractivity contribution in [2.75, 3.05) is 11.9 Å². The lowest BCUT2D eigenvalue weighted by Crippen LogP contribution is -2.32. The van der Waals surface area contributed by atoms with Crippen molar-refractivity contribution in [2.24, 2.45) is 4.99 Å². The first-order valence-corrected chi connectivity index (χ1v) is 5.36. The summed E-state index contributed by atoms with van der Waals surface area (Å²) < 4.78 is 0. The van der Waals surface area contributed by atoms with Crippen LogP contribution in [0.3, 0.4) is 0 Å². The SMILES string of the molecule is CC1=NCCC2c3ccc(O)cc3NC12. The van der Waals surface area contributed by atoms with Gasteiger partial charge in [-0.15, -0.1) is 0 Å². The van der Waals surface area contributed by atoms with Gasteiger partial charge < -0.3 is 10.4 Å². The van der Waals surface area contributed by atoms with Gasteiger partial charge in [-0.2, -0.15) is 0 Å². The number of phenolic OH excluding ortho intramolecular Hbond substituents is 1. The Morgan fingerprint density at radius 1 is 1.47 bits per heavy atom. The Labute approximate surface area is 88.8 Å². The topological polar surface area (TPSA) is 44.6 Å². The number of phenols is 1. The summed E-state index contributed by atoms with van der Waals surface area (Å²) in [6.07, 6.45) is 1.10. The maximum atomic E-state index is 9.43. The predicted molar refractivity (Wildman–Crippen MR) is 60.9 cm³/mol. The molecular weight excluding hydrogens is 188 g/mol. The number of aliphatic imine (C=N–C) groups is 1. The van der Waals surface area contributed by atoms with Crippen LogP contribution in [0.5, 0.6) is 5.75 Å². The summed E-state index contributed by atoms with van der Waals surface area (Å²) in [6.45, 7) is 3.00. The molecule has 0 spiro atoms. The van der Waals surface area contributed by atoms with Gasteiger partial charge in [-0.3, -0.25) is 4.99 Å². The summed E-state index contributed by atoms with van der Waals surface area (Å²) in [6, 6.07) is 5.95. The van der Waals surface area contributed by atoms with E-state index < -0.39 is 0 Å². The van der Waals surface area contributed by atoms with E-state index in [4.69, 9.17) is 0 Å².